The van der Waals surface area contributed by atoms with Gasteiger partial charge in [-0.15, -0.1) is 0 Å². The van der Waals surface area contributed by atoms with E-state index in [-0.39, 0.29) is 5.41 Å². The molecular weight excluding hydrogens is 184 g/mol. The normalized spacial score (nSPS) is 34.3. The second kappa shape index (κ2) is 3.34. The molecule has 0 aromatic heterocycles. The highest BCUT2D eigenvalue weighted by Gasteiger charge is 2.48. The Kier molecular flexibility index (Phi) is 2.38. The van der Waals surface area contributed by atoms with E-state index in [2.05, 4.69) is 20.8 Å². The summed E-state index contributed by atoms with van der Waals surface area (Å²) in [6, 6.07) is 10.1. The van der Waals surface area contributed by atoms with Gasteiger partial charge in [0.05, 0.1) is 5.60 Å². The van der Waals surface area contributed by atoms with E-state index in [0.29, 0.717) is 5.92 Å². The minimum atomic E-state index is -0.620. The van der Waals surface area contributed by atoms with E-state index in [1.165, 1.54) is 0 Å². The first-order valence-electron chi connectivity index (χ1n) is 5.72. The van der Waals surface area contributed by atoms with Crippen LogP contribution in [0.15, 0.2) is 30.3 Å². The number of hydrogen-bond acceptors (Lipinski definition) is 1. The van der Waals surface area contributed by atoms with Crippen LogP contribution in [0.3, 0.4) is 0 Å². The summed E-state index contributed by atoms with van der Waals surface area (Å²) < 4.78 is 0. The summed E-state index contributed by atoms with van der Waals surface area (Å²) in [7, 11) is 0. The van der Waals surface area contributed by atoms with Gasteiger partial charge in [-0.2, -0.15) is 0 Å². The van der Waals surface area contributed by atoms with Crippen LogP contribution in [-0.2, 0) is 5.60 Å². The van der Waals surface area contributed by atoms with Gasteiger partial charge in [0.25, 0.3) is 0 Å². The van der Waals surface area contributed by atoms with Crippen LogP contribution in [0.4, 0.5) is 0 Å². The smallest absolute Gasteiger partial charge is 0.0927 e. The molecule has 1 aliphatic carbocycles. The first kappa shape index (κ1) is 10.7. The van der Waals surface area contributed by atoms with E-state index in [9.17, 15) is 5.11 Å². The lowest BCUT2D eigenvalue weighted by Gasteiger charge is -2.29. The predicted octanol–water partition coefficient (Wildman–Crippen LogP) is 3.33. The molecule has 1 N–H and O–H groups in total. The molecule has 0 saturated heterocycles. The monoisotopic (exact) mass is 204 g/mol. The third kappa shape index (κ3) is 1.81. The maximum absolute atomic E-state index is 10.8. The summed E-state index contributed by atoms with van der Waals surface area (Å²) in [4.78, 5) is 0. The lowest BCUT2D eigenvalue weighted by Crippen LogP contribution is -2.28. The predicted molar refractivity (Wildman–Crippen MR) is 62.5 cm³/mol. The molecule has 1 aromatic carbocycles. The second-order valence-corrected chi connectivity index (χ2v) is 5.74. The lowest BCUT2D eigenvalue weighted by molar-refractivity contribution is -0.000839. The molecule has 0 aliphatic heterocycles. The van der Waals surface area contributed by atoms with Crippen molar-refractivity contribution < 1.29 is 5.11 Å². The Labute approximate surface area is 92.1 Å². The largest absolute Gasteiger partial charge is 0.385 e. The molecule has 1 fully saturated rings. The van der Waals surface area contributed by atoms with E-state index in [4.69, 9.17) is 0 Å². The summed E-state index contributed by atoms with van der Waals surface area (Å²) >= 11 is 0. The first-order valence-corrected chi connectivity index (χ1v) is 5.72. The molecule has 2 rings (SSSR count). The van der Waals surface area contributed by atoms with E-state index in [0.717, 1.165) is 18.4 Å². The molecule has 1 aliphatic rings. The van der Waals surface area contributed by atoms with Gasteiger partial charge >= 0.3 is 0 Å². The number of aliphatic hydroxyl groups is 1. The molecule has 15 heavy (non-hydrogen) atoms. The molecular formula is C14H20O. The average molecular weight is 204 g/mol. The van der Waals surface area contributed by atoms with Crippen LogP contribution in [0.25, 0.3) is 0 Å². The quantitative estimate of drug-likeness (QED) is 0.744. The van der Waals surface area contributed by atoms with Crippen LogP contribution < -0.4 is 0 Å². The molecule has 2 atom stereocenters. The molecule has 0 heterocycles. The van der Waals surface area contributed by atoms with Crippen molar-refractivity contribution >= 4 is 0 Å². The van der Waals surface area contributed by atoms with Crippen molar-refractivity contribution in [1.82, 2.24) is 0 Å². The van der Waals surface area contributed by atoms with Crippen molar-refractivity contribution in [2.45, 2.75) is 39.2 Å². The summed E-state index contributed by atoms with van der Waals surface area (Å²) in [5.41, 5.74) is 0.706. The Morgan fingerprint density at radius 3 is 2.27 bits per heavy atom. The van der Waals surface area contributed by atoms with Crippen LogP contribution in [0, 0.1) is 11.3 Å². The van der Waals surface area contributed by atoms with Crippen LogP contribution in [0.1, 0.15) is 39.2 Å². The van der Waals surface area contributed by atoms with Crippen LogP contribution in [0.5, 0.6) is 0 Å². The van der Waals surface area contributed by atoms with Crippen molar-refractivity contribution in [1.29, 1.82) is 0 Å². The average Bonchev–Trinajstić information content (AvgIpc) is 2.38. The standard InChI is InChI=1S/C14H20O/c1-11-9-13(2,3)10-14(11,15)12-7-5-4-6-8-12/h4-8,11,15H,9-10H2,1-3H3/t11-,14-/m1/s1. The zero-order valence-corrected chi connectivity index (χ0v) is 9.83. The summed E-state index contributed by atoms with van der Waals surface area (Å²) in [5, 5.41) is 10.8. The Morgan fingerprint density at radius 1 is 1.20 bits per heavy atom. The molecule has 0 radical (unpaired) electrons. The molecule has 82 valence electrons. The molecule has 0 unspecified atom stereocenters. The zero-order valence-electron chi connectivity index (χ0n) is 9.83. The van der Waals surface area contributed by atoms with Gasteiger partial charge in [-0.1, -0.05) is 51.1 Å². The van der Waals surface area contributed by atoms with Gasteiger partial charge in [-0.25, -0.2) is 0 Å². The van der Waals surface area contributed by atoms with Crippen molar-refractivity contribution in [3.63, 3.8) is 0 Å². The van der Waals surface area contributed by atoms with E-state index >= 15 is 0 Å². The summed E-state index contributed by atoms with van der Waals surface area (Å²) in [6.07, 6.45) is 1.96. The second-order valence-electron chi connectivity index (χ2n) is 5.74. The Balaban J connectivity index is 2.36. The van der Waals surface area contributed by atoms with E-state index in [1.54, 1.807) is 0 Å². The van der Waals surface area contributed by atoms with Gasteiger partial charge in [0.1, 0.15) is 0 Å². The van der Waals surface area contributed by atoms with Crippen molar-refractivity contribution in [3.05, 3.63) is 35.9 Å². The minimum absolute atomic E-state index is 0.254. The van der Waals surface area contributed by atoms with Gasteiger partial charge < -0.3 is 5.11 Å². The van der Waals surface area contributed by atoms with Crippen LogP contribution in [-0.4, -0.2) is 5.11 Å². The fourth-order valence-corrected chi connectivity index (χ4v) is 3.09. The van der Waals surface area contributed by atoms with Crippen molar-refractivity contribution in [3.8, 4) is 0 Å². The highest BCUT2D eigenvalue weighted by molar-refractivity contribution is 5.25. The Hall–Kier alpha value is -0.820. The van der Waals surface area contributed by atoms with Crippen LogP contribution in [0.2, 0.25) is 0 Å². The molecule has 0 spiro atoms. The highest BCUT2D eigenvalue weighted by Crippen LogP contribution is 2.52. The Morgan fingerprint density at radius 2 is 1.80 bits per heavy atom. The molecule has 1 aromatic rings. The topological polar surface area (TPSA) is 20.2 Å². The molecule has 0 amide bonds. The van der Waals surface area contributed by atoms with Crippen molar-refractivity contribution in [2.75, 3.05) is 0 Å². The van der Waals surface area contributed by atoms with Gasteiger partial charge in [-0.05, 0) is 29.7 Å². The molecule has 1 nitrogen and oxygen atoms in total. The summed E-state index contributed by atoms with van der Waals surface area (Å²) in [6.45, 7) is 6.64. The Bertz CT molecular complexity index is 342. The first-order chi connectivity index (χ1) is 6.94. The molecule has 0 bridgehead atoms. The third-order valence-electron chi connectivity index (χ3n) is 3.70. The number of hydrogen-bond donors (Lipinski definition) is 1. The molecule has 1 heteroatoms. The van der Waals surface area contributed by atoms with E-state index in [1.807, 2.05) is 30.3 Å². The van der Waals surface area contributed by atoms with E-state index < -0.39 is 5.60 Å². The highest BCUT2D eigenvalue weighted by atomic mass is 16.3. The van der Waals surface area contributed by atoms with Crippen LogP contribution >= 0.6 is 0 Å². The van der Waals surface area contributed by atoms with Crippen molar-refractivity contribution in [2.24, 2.45) is 11.3 Å². The zero-order chi connectivity index (χ0) is 11.1. The maximum Gasteiger partial charge on any atom is 0.0927 e. The molecule has 1 saturated carbocycles. The van der Waals surface area contributed by atoms with Gasteiger partial charge in [0.2, 0.25) is 0 Å². The minimum Gasteiger partial charge on any atom is -0.385 e. The maximum atomic E-state index is 10.8. The number of benzene rings is 1. The lowest BCUT2D eigenvalue weighted by atomic mass is 9.84. The SMILES string of the molecule is C[C@@H]1CC(C)(C)C[C@]1(O)c1ccccc1. The van der Waals surface area contributed by atoms with Gasteiger partial charge in [0.15, 0.2) is 0 Å². The number of rotatable bonds is 1. The fourth-order valence-electron chi connectivity index (χ4n) is 3.09. The third-order valence-corrected chi connectivity index (χ3v) is 3.70. The fraction of sp³-hybridized carbons (Fsp3) is 0.571. The van der Waals surface area contributed by atoms with Gasteiger partial charge in [-0.3, -0.25) is 0 Å². The van der Waals surface area contributed by atoms with Gasteiger partial charge in [0, 0.05) is 0 Å². The summed E-state index contributed by atoms with van der Waals surface area (Å²) in [5.74, 6) is 0.342.